The first-order valence-electron chi connectivity index (χ1n) is 6.14. The Morgan fingerprint density at radius 1 is 1.53 bits per heavy atom. The number of oxime groups is 1. The topological polar surface area (TPSA) is 63.9 Å². The Balaban J connectivity index is 3.12. The molecule has 19 heavy (non-hydrogen) atoms. The van der Waals surface area contributed by atoms with Crippen molar-refractivity contribution >= 4 is 15.6 Å². The summed E-state index contributed by atoms with van der Waals surface area (Å²) in [7, 11) is -0.981. The van der Waals surface area contributed by atoms with Gasteiger partial charge in [0.2, 0.25) is 0 Å². The monoisotopic (exact) mass is 283 g/mol. The molecule has 0 radical (unpaired) electrons. The van der Waals surface area contributed by atoms with E-state index in [1.807, 2.05) is 32.9 Å². The van der Waals surface area contributed by atoms with E-state index in [1.54, 1.807) is 12.5 Å². The second-order valence-corrected chi connectivity index (χ2v) is 6.98. The van der Waals surface area contributed by atoms with E-state index in [0.717, 1.165) is 11.3 Å². The van der Waals surface area contributed by atoms with E-state index < -0.39 is 9.73 Å². The molecule has 2 atom stereocenters. The second kappa shape index (κ2) is 6.65. The smallest absolute Gasteiger partial charge is 0.177 e. The molecule has 1 aromatic heterocycles. The zero-order valence-electron chi connectivity index (χ0n) is 12.1. The van der Waals surface area contributed by atoms with E-state index in [2.05, 4.69) is 14.5 Å². The van der Waals surface area contributed by atoms with Gasteiger partial charge in [-0.05, 0) is 25.5 Å². The van der Waals surface area contributed by atoms with E-state index >= 15 is 0 Å². The highest BCUT2D eigenvalue weighted by atomic mass is 32.2. The van der Waals surface area contributed by atoms with Gasteiger partial charge in [0.1, 0.15) is 7.11 Å². The molecule has 1 aromatic rings. The second-order valence-electron chi connectivity index (χ2n) is 4.37. The van der Waals surface area contributed by atoms with Crippen molar-refractivity contribution in [1.29, 1.82) is 0 Å². The zero-order chi connectivity index (χ0) is 14.5. The maximum atomic E-state index is 12.7. The highest BCUT2D eigenvalue weighted by Gasteiger charge is 2.17. The van der Waals surface area contributed by atoms with Crippen molar-refractivity contribution < 1.29 is 9.05 Å². The van der Waals surface area contributed by atoms with Crippen LogP contribution >= 0.6 is 0 Å². The number of nitrogens with zero attached hydrogens (tertiary/aromatic N) is 3. The molecule has 0 bridgehead atoms. The van der Waals surface area contributed by atoms with Gasteiger partial charge >= 0.3 is 0 Å². The highest BCUT2D eigenvalue weighted by Crippen LogP contribution is 2.22. The number of pyridine rings is 1. The summed E-state index contributed by atoms with van der Waals surface area (Å²) in [5.74, 6) is 0.460. The van der Waals surface area contributed by atoms with Crippen molar-refractivity contribution in [3.63, 3.8) is 0 Å². The Bertz CT molecular complexity index is 558. The molecule has 2 unspecified atom stereocenters. The number of hydrogen-bond acceptors (Lipinski definition) is 4. The number of rotatable bonds is 4. The lowest BCUT2D eigenvalue weighted by Gasteiger charge is -2.14. The van der Waals surface area contributed by atoms with Crippen molar-refractivity contribution in [2.75, 3.05) is 13.4 Å². The molecule has 0 fully saturated rings. The molecule has 0 aliphatic rings. The SMILES string of the molecule is CC/C(N=S(C)(=O)C(C)c1ccc(C)nc1)=N\OC. The molecule has 1 rings (SSSR count). The van der Waals surface area contributed by atoms with Crippen LogP contribution < -0.4 is 0 Å². The summed E-state index contributed by atoms with van der Waals surface area (Å²) in [6.07, 6.45) is 3.97. The Morgan fingerprint density at radius 3 is 2.68 bits per heavy atom. The Kier molecular flexibility index (Phi) is 5.47. The molecule has 6 heteroatoms. The number of aromatic nitrogens is 1. The van der Waals surface area contributed by atoms with Gasteiger partial charge in [-0.3, -0.25) is 4.98 Å². The van der Waals surface area contributed by atoms with Crippen LogP contribution in [0.4, 0.5) is 0 Å². The minimum absolute atomic E-state index is 0.214. The largest absolute Gasteiger partial charge is 0.398 e. The normalized spacial score (nSPS) is 16.6. The molecular formula is C13H21N3O2S. The van der Waals surface area contributed by atoms with E-state index in [-0.39, 0.29) is 5.25 Å². The lowest BCUT2D eigenvalue weighted by Crippen LogP contribution is -2.11. The van der Waals surface area contributed by atoms with E-state index in [9.17, 15) is 4.21 Å². The van der Waals surface area contributed by atoms with Crippen molar-refractivity contribution in [3.05, 3.63) is 29.6 Å². The average molecular weight is 283 g/mol. The first kappa shape index (κ1) is 15.6. The summed E-state index contributed by atoms with van der Waals surface area (Å²) in [6.45, 7) is 5.70. The van der Waals surface area contributed by atoms with E-state index in [4.69, 9.17) is 4.84 Å². The number of amidine groups is 1. The van der Waals surface area contributed by atoms with Gasteiger partial charge in [-0.25, -0.2) is 4.21 Å². The van der Waals surface area contributed by atoms with Crippen LogP contribution in [0.3, 0.4) is 0 Å². The van der Waals surface area contributed by atoms with Gasteiger partial charge in [-0.15, -0.1) is 0 Å². The summed E-state index contributed by atoms with van der Waals surface area (Å²) in [5.41, 5.74) is 1.85. The van der Waals surface area contributed by atoms with Gasteiger partial charge in [0.25, 0.3) is 0 Å². The van der Waals surface area contributed by atoms with Gasteiger partial charge < -0.3 is 4.84 Å². The summed E-state index contributed by atoms with van der Waals surface area (Å²) < 4.78 is 16.9. The maximum Gasteiger partial charge on any atom is 0.177 e. The van der Waals surface area contributed by atoms with Crippen LogP contribution in [-0.2, 0) is 14.6 Å². The first-order valence-corrected chi connectivity index (χ1v) is 8.13. The zero-order valence-corrected chi connectivity index (χ0v) is 12.9. The average Bonchev–Trinajstić information content (AvgIpc) is 2.38. The van der Waals surface area contributed by atoms with Gasteiger partial charge in [-0.1, -0.05) is 18.1 Å². The number of hydrogen-bond donors (Lipinski definition) is 0. The Morgan fingerprint density at radius 2 is 2.21 bits per heavy atom. The third-order valence-corrected chi connectivity index (χ3v) is 5.02. The van der Waals surface area contributed by atoms with Crippen molar-refractivity contribution in [3.8, 4) is 0 Å². The van der Waals surface area contributed by atoms with Crippen molar-refractivity contribution in [2.24, 2.45) is 9.52 Å². The Hall–Kier alpha value is -1.43. The molecule has 0 aromatic carbocycles. The highest BCUT2D eigenvalue weighted by molar-refractivity contribution is 7.93. The molecule has 0 saturated heterocycles. The number of aryl methyl sites for hydroxylation is 1. The summed E-state index contributed by atoms with van der Waals surface area (Å²) in [6, 6.07) is 3.84. The van der Waals surface area contributed by atoms with Gasteiger partial charge in [0, 0.05) is 24.6 Å². The predicted molar refractivity (Wildman–Crippen MR) is 78.6 cm³/mol. The molecular weight excluding hydrogens is 262 g/mol. The van der Waals surface area contributed by atoms with Gasteiger partial charge in [0.05, 0.1) is 15.0 Å². The van der Waals surface area contributed by atoms with Crippen LogP contribution in [0.25, 0.3) is 0 Å². The van der Waals surface area contributed by atoms with E-state index in [1.165, 1.54) is 7.11 Å². The van der Waals surface area contributed by atoms with Crippen molar-refractivity contribution in [2.45, 2.75) is 32.4 Å². The van der Waals surface area contributed by atoms with Crippen LogP contribution in [0.15, 0.2) is 27.8 Å². The van der Waals surface area contributed by atoms with Gasteiger partial charge in [-0.2, -0.15) is 4.36 Å². The van der Waals surface area contributed by atoms with Crippen molar-refractivity contribution in [1.82, 2.24) is 4.98 Å². The molecule has 0 amide bonds. The van der Waals surface area contributed by atoms with Crippen LogP contribution in [0.1, 0.15) is 36.8 Å². The summed E-state index contributed by atoms with van der Waals surface area (Å²) >= 11 is 0. The molecule has 1 heterocycles. The third-order valence-electron chi connectivity index (χ3n) is 2.86. The molecule has 106 valence electrons. The molecule has 0 spiro atoms. The minimum Gasteiger partial charge on any atom is -0.398 e. The van der Waals surface area contributed by atoms with Crippen LogP contribution in [0.2, 0.25) is 0 Å². The van der Waals surface area contributed by atoms with E-state index in [0.29, 0.717) is 12.3 Å². The summed E-state index contributed by atoms with van der Waals surface area (Å²) in [4.78, 5) is 8.93. The standard InChI is InChI=1S/C13H21N3O2S/c1-6-13(15-18-4)16-19(5,17)11(3)12-8-7-10(2)14-9-12/h7-9,11H,6H2,1-5H3/b15-13+. The fourth-order valence-electron chi connectivity index (χ4n) is 1.51. The fraction of sp³-hybridized carbons (Fsp3) is 0.538. The predicted octanol–water partition coefficient (Wildman–Crippen LogP) is 2.92. The third kappa shape index (κ3) is 4.31. The lowest BCUT2D eigenvalue weighted by molar-refractivity contribution is 0.212. The quantitative estimate of drug-likeness (QED) is 0.485. The van der Waals surface area contributed by atoms with Gasteiger partial charge in [0.15, 0.2) is 5.84 Å². The van der Waals surface area contributed by atoms with Crippen LogP contribution in [0.5, 0.6) is 0 Å². The molecule has 0 N–H and O–H groups in total. The Labute approximate surface area is 115 Å². The van der Waals surface area contributed by atoms with Crippen LogP contribution in [-0.4, -0.2) is 28.4 Å². The lowest BCUT2D eigenvalue weighted by atomic mass is 10.2. The fourth-order valence-corrected chi connectivity index (χ4v) is 2.90. The first-order chi connectivity index (χ1) is 8.90. The minimum atomic E-state index is -2.44. The summed E-state index contributed by atoms with van der Waals surface area (Å²) in [5, 5.41) is 3.56. The molecule has 0 saturated carbocycles. The maximum absolute atomic E-state index is 12.7. The molecule has 0 aliphatic carbocycles. The van der Waals surface area contributed by atoms with Crippen LogP contribution in [0, 0.1) is 6.92 Å². The molecule has 5 nitrogen and oxygen atoms in total. The molecule has 0 aliphatic heterocycles.